The molecule has 2 rings (SSSR count). The Labute approximate surface area is 112 Å². The van der Waals surface area contributed by atoms with Crippen LogP contribution in [-0.2, 0) is 11.4 Å². The Kier molecular flexibility index (Phi) is 4.34. The molecule has 0 aromatic carbocycles. The van der Waals surface area contributed by atoms with Crippen LogP contribution in [0, 0.1) is 10.1 Å². The zero-order valence-corrected chi connectivity index (χ0v) is 10.7. The number of nitrogens with zero attached hydrogens (tertiary/aromatic N) is 4. The van der Waals surface area contributed by atoms with Gasteiger partial charge in [0.25, 0.3) is 5.17 Å². The summed E-state index contributed by atoms with van der Waals surface area (Å²) < 4.78 is 0. The summed E-state index contributed by atoms with van der Waals surface area (Å²) in [7, 11) is 0. The van der Waals surface area contributed by atoms with Gasteiger partial charge in [-0.2, -0.15) is 0 Å². The van der Waals surface area contributed by atoms with Gasteiger partial charge in [0.05, 0.1) is 18.3 Å². The summed E-state index contributed by atoms with van der Waals surface area (Å²) in [5, 5.41) is 15.0. The first-order valence-electron chi connectivity index (χ1n) is 5.02. The fourth-order valence-electron chi connectivity index (χ4n) is 1.34. The van der Waals surface area contributed by atoms with E-state index in [2.05, 4.69) is 10.1 Å². The van der Waals surface area contributed by atoms with Crippen molar-refractivity contribution in [3.8, 4) is 0 Å². The van der Waals surface area contributed by atoms with Crippen molar-refractivity contribution in [2.24, 2.45) is 5.10 Å². The van der Waals surface area contributed by atoms with E-state index in [9.17, 15) is 10.1 Å². The van der Waals surface area contributed by atoms with Crippen LogP contribution in [0.4, 0.5) is 0 Å². The van der Waals surface area contributed by atoms with Gasteiger partial charge < -0.3 is 0 Å². The standard InChI is InChI=1S/C9H9ClN4O3S/c10-8-2-1-7(5-11-8)6-13-9(12-14(15)16)18-4-3-17-13/h1-2,5H,3-4,6H2. The average molecular weight is 289 g/mol. The van der Waals surface area contributed by atoms with Crippen LogP contribution in [0.2, 0.25) is 5.15 Å². The zero-order valence-electron chi connectivity index (χ0n) is 9.15. The second-order valence-corrected chi connectivity index (χ2v) is 4.78. The highest BCUT2D eigenvalue weighted by atomic mass is 35.5. The maximum atomic E-state index is 10.4. The van der Waals surface area contributed by atoms with Gasteiger partial charge in [0, 0.05) is 11.9 Å². The van der Waals surface area contributed by atoms with Crippen molar-refractivity contribution in [1.82, 2.24) is 10.0 Å². The third-order valence-corrected chi connectivity index (χ3v) is 3.19. The van der Waals surface area contributed by atoms with Gasteiger partial charge in [-0.3, -0.25) is 4.84 Å². The number of hydrazone groups is 1. The molecule has 1 fully saturated rings. The van der Waals surface area contributed by atoms with Crippen LogP contribution in [0.5, 0.6) is 0 Å². The molecule has 0 atom stereocenters. The minimum absolute atomic E-state index is 0.237. The van der Waals surface area contributed by atoms with E-state index in [1.807, 2.05) is 0 Å². The molecule has 0 radical (unpaired) electrons. The number of amidine groups is 1. The molecule has 0 bridgehead atoms. The van der Waals surface area contributed by atoms with Crippen LogP contribution in [0.1, 0.15) is 5.56 Å². The van der Waals surface area contributed by atoms with Crippen LogP contribution >= 0.6 is 23.4 Å². The molecular formula is C9H9ClN4O3S. The Morgan fingerprint density at radius 1 is 1.67 bits per heavy atom. The largest absolute Gasteiger partial charge is 0.270 e. The molecule has 18 heavy (non-hydrogen) atoms. The average Bonchev–Trinajstić information content (AvgIpc) is 2.34. The van der Waals surface area contributed by atoms with Crippen LogP contribution in [0.15, 0.2) is 23.4 Å². The predicted molar refractivity (Wildman–Crippen MR) is 67.6 cm³/mol. The molecule has 1 saturated heterocycles. The molecule has 0 unspecified atom stereocenters. The third kappa shape index (κ3) is 3.56. The van der Waals surface area contributed by atoms with Gasteiger partial charge >= 0.3 is 0 Å². The lowest BCUT2D eigenvalue weighted by Gasteiger charge is -2.26. The number of nitro groups is 1. The van der Waals surface area contributed by atoms with Crippen LogP contribution < -0.4 is 0 Å². The van der Waals surface area contributed by atoms with Crippen molar-refractivity contribution in [2.45, 2.75) is 6.54 Å². The second-order valence-electron chi connectivity index (χ2n) is 3.33. The van der Waals surface area contributed by atoms with E-state index in [1.54, 1.807) is 18.3 Å². The summed E-state index contributed by atoms with van der Waals surface area (Å²) in [5.41, 5.74) is 0.831. The molecule has 0 amide bonds. The van der Waals surface area contributed by atoms with Crippen LogP contribution in [0.3, 0.4) is 0 Å². The number of hydroxylamine groups is 2. The monoisotopic (exact) mass is 288 g/mol. The van der Waals surface area contributed by atoms with E-state index in [-0.39, 0.29) is 5.17 Å². The number of rotatable bonds is 3. The van der Waals surface area contributed by atoms with E-state index in [0.29, 0.717) is 24.1 Å². The molecule has 2 heterocycles. The lowest BCUT2D eigenvalue weighted by atomic mass is 10.3. The molecule has 0 N–H and O–H groups in total. The predicted octanol–water partition coefficient (Wildman–Crippen LogP) is 1.76. The summed E-state index contributed by atoms with van der Waals surface area (Å²) >= 11 is 6.96. The van der Waals surface area contributed by atoms with Gasteiger partial charge in [-0.1, -0.05) is 29.4 Å². The number of aromatic nitrogens is 1. The van der Waals surface area contributed by atoms with Crippen molar-refractivity contribution in [1.29, 1.82) is 0 Å². The number of halogens is 1. The van der Waals surface area contributed by atoms with E-state index < -0.39 is 5.03 Å². The summed E-state index contributed by atoms with van der Waals surface area (Å²) in [6.45, 7) is 0.826. The Balaban J connectivity index is 2.10. The summed E-state index contributed by atoms with van der Waals surface area (Å²) in [4.78, 5) is 19.7. The number of thioether (sulfide) groups is 1. The van der Waals surface area contributed by atoms with Crippen molar-refractivity contribution >= 4 is 28.5 Å². The normalized spacial score (nSPS) is 18.1. The van der Waals surface area contributed by atoms with Crippen molar-refractivity contribution in [3.63, 3.8) is 0 Å². The van der Waals surface area contributed by atoms with Crippen molar-refractivity contribution in [3.05, 3.63) is 39.2 Å². The van der Waals surface area contributed by atoms with E-state index >= 15 is 0 Å². The molecule has 1 aromatic rings. The Hall–Kier alpha value is -1.38. The first-order valence-corrected chi connectivity index (χ1v) is 6.38. The van der Waals surface area contributed by atoms with Gasteiger partial charge in [-0.15, -0.1) is 0 Å². The first kappa shape index (κ1) is 13.1. The highest BCUT2D eigenvalue weighted by molar-refractivity contribution is 8.13. The number of pyridine rings is 1. The molecule has 1 aromatic heterocycles. The zero-order chi connectivity index (χ0) is 13.0. The Morgan fingerprint density at radius 2 is 2.50 bits per heavy atom. The van der Waals surface area contributed by atoms with Gasteiger partial charge in [-0.05, 0) is 11.6 Å². The molecule has 1 aliphatic rings. The minimum atomic E-state index is -0.732. The molecule has 1 aliphatic heterocycles. The fraction of sp³-hybridized carbons (Fsp3) is 0.333. The number of hydrogen-bond donors (Lipinski definition) is 0. The van der Waals surface area contributed by atoms with Crippen molar-refractivity contribution in [2.75, 3.05) is 12.4 Å². The summed E-state index contributed by atoms with van der Waals surface area (Å²) in [6.07, 6.45) is 1.59. The first-order chi connectivity index (χ1) is 8.65. The Morgan fingerprint density at radius 3 is 3.17 bits per heavy atom. The summed E-state index contributed by atoms with van der Waals surface area (Å²) in [5.74, 6) is 0.641. The van der Waals surface area contributed by atoms with Crippen molar-refractivity contribution < 1.29 is 9.87 Å². The van der Waals surface area contributed by atoms with E-state index in [0.717, 1.165) is 5.56 Å². The topological polar surface area (TPSA) is 80.9 Å². The molecule has 7 nitrogen and oxygen atoms in total. The minimum Gasteiger partial charge on any atom is -0.270 e. The molecule has 9 heteroatoms. The van der Waals surface area contributed by atoms with Gasteiger partial charge in [0.1, 0.15) is 5.15 Å². The maximum absolute atomic E-state index is 10.4. The van der Waals surface area contributed by atoms with Gasteiger partial charge in [-0.25, -0.2) is 20.2 Å². The van der Waals surface area contributed by atoms with Gasteiger partial charge in [0.2, 0.25) is 0 Å². The molecular weight excluding hydrogens is 280 g/mol. The third-order valence-electron chi connectivity index (χ3n) is 2.06. The Bertz CT molecular complexity index is 467. The maximum Gasteiger partial charge on any atom is 0.261 e. The van der Waals surface area contributed by atoms with Crippen LogP contribution in [0.25, 0.3) is 0 Å². The molecule has 96 valence electrons. The highest BCUT2D eigenvalue weighted by Crippen LogP contribution is 2.19. The van der Waals surface area contributed by atoms with E-state index in [1.165, 1.54) is 16.8 Å². The smallest absolute Gasteiger partial charge is 0.261 e. The van der Waals surface area contributed by atoms with Gasteiger partial charge in [0.15, 0.2) is 5.03 Å². The lowest BCUT2D eigenvalue weighted by molar-refractivity contribution is -0.485. The number of hydrogen-bond acceptors (Lipinski definition) is 5. The molecule has 0 spiro atoms. The molecule has 0 saturated carbocycles. The van der Waals surface area contributed by atoms with Crippen LogP contribution in [-0.4, -0.2) is 32.6 Å². The lowest BCUT2D eigenvalue weighted by Crippen LogP contribution is -2.34. The molecule has 0 aliphatic carbocycles. The van der Waals surface area contributed by atoms with E-state index in [4.69, 9.17) is 16.4 Å². The second kappa shape index (κ2) is 5.98. The quantitative estimate of drug-likeness (QED) is 0.479. The highest BCUT2D eigenvalue weighted by Gasteiger charge is 2.22. The summed E-state index contributed by atoms with van der Waals surface area (Å²) in [6, 6.07) is 3.43. The SMILES string of the molecule is O=[N+]([O-])N=C1SCCON1Cc1ccc(Cl)nc1. The fourth-order valence-corrected chi connectivity index (χ4v) is 2.17.